The van der Waals surface area contributed by atoms with Crippen LogP contribution >= 0.6 is 0 Å². The second-order valence-corrected chi connectivity index (χ2v) is 8.44. The fraction of sp³-hybridized carbons (Fsp3) is 0.138. The third kappa shape index (κ3) is 3.75. The first kappa shape index (κ1) is 21.6. The molecule has 0 radical (unpaired) electrons. The Balaban J connectivity index is 1.52. The van der Waals surface area contributed by atoms with E-state index in [1.54, 1.807) is 6.07 Å². The second-order valence-electron chi connectivity index (χ2n) is 8.44. The molecule has 34 heavy (non-hydrogen) atoms. The first-order valence-electron chi connectivity index (χ1n) is 11.1. The molecule has 0 fully saturated rings. The normalized spacial score (nSPS) is 11.1. The van der Waals surface area contributed by atoms with Crippen molar-refractivity contribution in [2.75, 3.05) is 6.61 Å². The molecule has 5 heteroatoms. The highest BCUT2D eigenvalue weighted by Crippen LogP contribution is 2.30. The molecule has 0 N–H and O–H groups in total. The number of Topliss-reactive ketones (excluding diaryl/α,β-unsaturated/α-hetero) is 1. The molecule has 2 aromatic heterocycles. The first-order chi connectivity index (χ1) is 16.4. The minimum atomic E-state index is -0.543. The zero-order valence-electron chi connectivity index (χ0n) is 19.3. The number of fused-ring (bicyclic) bond motifs is 2. The zero-order chi connectivity index (χ0) is 23.8. The highest BCUT2D eigenvalue weighted by atomic mass is 16.5. The smallest absolute Gasteiger partial charge is 0.339 e. The lowest BCUT2D eigenvalue weighted by Crippen LogP contribution is -2.15. The molecule has 0 saturated carbocycles. The molecule has 0 saturated heterocycles. The summed E-state index contributed by atoms with van der Waals surface area (Å²) in [4.78, 5) is 30.8. The van der Waals surface area contributed by atoms with Crippen LogP contribution in [0.15, 0.2) is 78.9 Å². The van der Waals surface area contributed by atoms with E-state index in [9.17, 15) is 9.59 Å². The van der Waals surface area contributed by atoms with Gasteiger partial charge in [0, 0.05) is 34.9 Å². The molecule has 5 aromatic rings. The largest absolute Gasteiger partial charge is 0.454 e. The van der Waals surface area contributed by atoms with Gasteiger partial charge in [-0.2, -0.15) is 0 Å². The van der Waals surface area contributed by atoms with Crippen LogP contribution < -0.4 is 0 Å². The molecular weight excluding hydrogens is 424 g/mol. The van der Waals surface area contributed by atoms with Crippen molar-refractivity contribution in [1.29, 1.82) is 0 Å². The zero-order valence-corrected chi connectivity index (χ0v) is 19.3. The quantitative estimate of drug-likeness (QED) is 0.243. The van der Waals surface area contributed by atoms with Gasteiger partial charge in [0.2, 0.25) is 5.78 Å². The van der Waals surface area contributed by atoms with E-state index >= 15 is 0 Å². The number of ketones is 1. The molecule has 0 aliphatic carbocycles. The van der Waals surface area contributed by atoms with Gasteiger partial charge in [-0.3, -0.25) is 4.79 Å². The van der Waals surface area contributed by atoms with Gasteiger partial charge >= 0.3 is 5.97 Å². The van der Waals surface area contributed by atoms with E-state index in [1.165, 1.54) is 0 Å². The average molecular weight is 449 g/mol. The van der Waals surface area contributed by atoms with Crippen LogP contribution in [-0.4, -0.2) is 27.9 Å². The van der Waals surface area contributed by atoms with Crippen LogP contribution in [0.3, 0.4) is 0 Å². The number of nitrogens with zero attached hydrogens (tertiary/aromatic N) is 2. The minimum Gasteiger partial charge on any atom is -0.454 e. The molecule has 0 aliphatic rings. The lowest BCUT2D eigenvalue weighted by Gasteiger charge is -2.11. The van der Waals surface area contributed by atoms with Crippen molar-refractivity contribution in [3.63, 3.8) is 0 Å². The van der Waals surface area contributed by atoms with Crippen molar-refractivity contribution in [1.82, 2.24) is 9.55 Å². The lowest BCUT2D eigenvalue weighted by molar-refractivity contribution is 0.0476. The van der Waals surface area contributed by atoms with E-state index in [0.29, 0.717) is 27.7 Å². The molecule has 0 aliphatic heterocycles. The van der Waals surface area contributed by atoms with Crippen molar-refractivity contribution in [3.05, 3.63) is 101 Å². The van der Waals surface area contributed by atoms with E-state index in [2.05, 4.69) is 0 Å². The Morgan fingerprint density at radius 3 is 2.32 bits per heavy atom. The highest BCUT2D eigenvalue weighted by Gasteiger charge is 2.19. The van der Waals surface area contributed by atoms with Crippen molar-refractivity contribution >= 4 is 33.4 Å². The monoisotopic (exact) mass is 448 g/mol. The molecule has 168 valence electrons. The Kier molecular flexibility index (Phi) is 5.46. The lowest BCUT2D eigenvalue weighted by atomic mass is 9.99. The SMILES string of the molecule is Cc1cc(C(=O)COC(=O)c2cc(-c3cccc4ccccc34)nc3ccccc23)c(C)n1C. The third-order valence-electron chi connectivity index (χ3n) is 6.41. The average Bonchev–Trinajstić information content (AvgIpc) is 3.13. The van der Waals surface area contributed by atoms with Crippen LogP contribution in [0.1, 0.15) is 32.1 Å². The summed E-state index contributed by atoms with van der Waals surface area (Å²) in [6, 6.07) is 25.2. The third-order valence-corrected chi connectivity index (χ3v) is 6.41. The van der Waals surface area contributed by atoms with Crippen molar-refractivity contribution in [3.8, 4) is 11.3 Å². The van der Waals surface area contributed by atoms with Crippen LogP contribution in [0.5, 0.6) is 0 Å². The van der Waals surface area contributed by atoms with Crippen molar-refractivity contribution in [2.24, 2.45) is 7.05 Å². The predicted molar refractivity (Wildman–Crippen MR) is 134 cm³/mol. The van der Waals surface area contributed by atoms with Crippen LogP contribution in [0.2, 0.25) is 0 Å². The summed E-state index contributed by atoms with van der Waals surface area (Å²) in [5.74, 6) is -0.763. The Hall–Kier alpha value is -4.25. The Labute approximate surface area is 197 Å². The molecule has 5 nitrogen and oxygen atoms in total. The number of carbonyl (C=O) groups excluding carboxylic acids is 2. The summed E-state index contributed by atoms with van der Waals surface area (Å²) in [7, 11) is 1.91. The van der Waals surface area contributed by atoms with Gasteiger partial charge in [0.05, 0.1) is 16.8 Å². The number of ether oxygens (including phenoxy) is 1. The number of para-hydroxylation sites is 1. The topological polar surface area (TPSA) is 61.2 Å². The number of hydrogen-bond donors (Lipinski definition) is 0. The summed E-state index contributed by atoms with van der Waals surface area (Å²) in [6.45, 7) is 3.51. The second kappa shape index (κ2) is 8.60. The molecule has 5 rings (SSSR count). The number of aromatic nitrogens is 2. The van der Waals surface area contributed by atoms with Gasteiger partial charge in [0.15, 0.2) is 6.61 Å². The van der Waals surface area contributed by atoms with Crippen LogP contribution in [0.25, 0.3) is 32.9 Å². The van der Waals surface area contributed by atoms with E-state index in [4.69, 9.17) is 9.72 Å². The molecule has 2 heterocycles. The summed E-state index contributed by atoms with van der Waals surface area (Å²) in [5, 5.41) is 2.84. The maximum Gasteiger partial charge on any atom is 0.339 e. The summed E-state index contributed by atoms with van der Waals surface area (Å²) in [6.07, 6.45) is 0. The standard InChI is InChI=1S/C29H24N2O3/c1-18-15-24(19(2)31(18)3)28(32)17-34-29(33)25-16-27(30-26-14-7-6-12-23(25)26)22-13-8-10-20-9-4-5-11-21(20)22/h4-16H,17H2,1-3H3. The number of aryl methyl sites for hydroxylation is 1. The van der Waals surface area contributed by atoms with Gasteiger partial charge < -0.3 is 9.30 Å². The summed E-state index contributed by atoms with van der Waals surface area (Å²) < 4.78 is 7.46. The van der Waals surface area contributed by atoms with E-state index in [0.717, 1.165) is 27.7 Å². The Bertz CT molecular complexity index is 1570. The minimum absolute atomic E-state index is 0.220. The van der Waals surface area contributed by atoms with E-state index in [1.807, 2.05) is 98.3 Å². The number of benzene rings is 3. The molecular formula is C29H24N2O3. The molecule has 0 amide bonds. The Morgan fingerprint density at radius 2 is 1.56 bits per heavy atom. The van der Waals surface area contributed by atoms with E-state index in [-0.39, 0.29) is 12.4 Å². The predicted octanol–water partition coefficient (Wildman–Crippen LogP) is 6.05. The fourth-order valence-corrected chi connectivity index (χ4v) is 4.36. The van der Waals surface area contributed by atoms with Crippen LogP contribution in [-0.2, 0) is 11.8 Å². The Morgan fingerprint density at radius 1 is 0.853 bits per heavy atom. The number of carbonyl (C=O) groups is 2. The molecule has 3 aromatic carbocycles. The van der Waals surface area contributed by atoms with Gasteiger partial charge in [-0.25, -0.2) is 9.78 Å². The van der Waals surface area contributed by atoms with Gasteiger partial charge in [-0.1, -0.05) is 60.7 Å². The van der Waals surface area contributed by atoms with E-state index < -0.39 is 5.97 Å². The maximum atomic E-state index is 13.2. The number of rotatable bonds is 5. The number of hydrogen-bond acceptors (Lipinski definition) is 4. The van der Waals surface area contributed by atoms with Gasteiger partial charge in [-0.05, 0) is 42.8 Å². The highest BCUT2D eigenvalue weighted by molar-refractivity contribution is 6.07. The van der Waals surface area contributed by atoms with Gasteiger partial charge in [-0.15, -0.1) is 0 Å². The van der Waals surface area contributed by atoms with Crippen molar-refractivity contribution in [2.45, 2.75) is 13.8 Å². The summed E-state index contributed by atoms with van der Waals surface area (Å²) in [5.41, 5.74) is 5.11. The fourth-order valence-electron chi connectivity index (χ4n) is 4.36. The summed E-state index contributed by atoms with van der Waals surface area (Å²) >= 11 is 0. The number of pyridine rings is 1. The number of esters is 1. The molecule has 0 bridgehead atoms. The van der Waals surface area contributed by atoms with Crippen LogP contribution in [0, 0.1) is 13.8 Å². The first-order valence-corrected chi connectivity index (χ1v) is 11.1. The van der Waals surface area contributed by atoms with Crippen LogP contribution in [0.4, 0.5) is 0 Å². The molecule has 0 unspecified atom stereocenters. The van der Waals surface area contributed by atoms with Gasteiger partial charge in [0.1, 0.15) is 0 Å². The molecule has 0 atom stereocenters. The van der Waals surface area contributed by atoms with Crippen molar-refractivity contribution < 1.29 is 14.3 Å². The maximum absolute atomic E-state index is 13.2. The molecule has 0 spiro atoms. The van der Waals surface area contributed by atoms with Gasteiger partial charge in [0.25, 0.3) is 0 Å².